The number of fused-ring (bicyclic) bond motifs is 12. The summed E-state index contributed by atoms with van der Waals surface area (Å²) in [5.74, 6) is 0. The molecule has 0 atom stereocenters. The van der Waals surface area contributed by atoms with Gasteiger partial charge in [0.2, 0.25) is 0 Å². The number of aromatic nitrogens is 1. The summed E-state index contributed by atoms with van der Waals surface area (Å²) < 4.78 is 2.50. The van der Waals surface area contributed by atoms with E-state index in [0.717, 1.165) is 0 Å². The van der Waals surface area contributed by atoms with Crippen molar-refractivity contribution in [2.45, 2.75) is 0 Å². The Labute approximate surface area is 385 Å². The van der Waals surface area contributed by atoms with Gasteiger partial charge in [0, 0.05) is 16.5 Å². The Balaban J connectivity index is 0.893. The molecule has 0 aliphatic carbocycles. The van der Waals surface area contributed by atoms with Gasteiger partial charge in [-0.05, 0) is 147 Å². The van der Waals surface area contributed by atoms with Crippen LogP contribution in [0, 0.1) is 0 Å². The van der Waals surface area contributed by atoms with Crippen LogP contribution in [0.3, 0.4) is 0 Å². The van der Waals surface area contributed by atoms with Gasteiger partial charge in [-0.15, -0.1) is 0 Å². The lowest BCUT2D eigenvalue weighted by Gasteiger charge is -2.12. The Bertz CT molecular complexity index is 3900. The summed E-state index contributed by atoms with van der Waals surface area (Å²) in [7, 11) is -0.560. The Morgan fingerprint density at radius 1 is 0.242 bits per heavy atom. The summed E-state index contributed by atoms with van der Waals surface area (Å²) in [5, 5.41) is 15.8. The molecular formula is C64H41NSi. The molecule has 306 valence electrons. The molecule has 0 fully saturated rings. The lowest BCUT2D eigenvalue weighted by atomic mass is 9.92. The molecule has 1 aliphatic rings. The highest BCUT2D eigenvalue weighted by molar-refractivity contribution is 6.73. The summed E-state index contributed by atoms with van der Waals surface area (Å²) in [6.45, 7) is 0. The first-order valence-electron chi connectivity index (χ1n) is 23.0. The van der Waals surface area contributed by atoms with Crippen molar-refractivity contribution < 1.29 is 0 Å². The molecule has 0 N–H and O–H groups in total. The lowest BCUT2D eigenvalue weighted by Crippen LogP contribution is -2.21. The van der Waals surface area contributed by atoms with Crippen molar-refractivity contribution in [2.75, 3.05) is 0 Å². The molecule has 66 heavy (non-hydrogen) atoms. The normalized spacial score (nSPS) is 12.5. The van der Waals surface area contributed by atoms with Crippen molar-refractivity contribution in [3.8, 4) is 61.3 Å². The van der Waals surface area contributed by atoms with Crippen LogP contribution in [0.4, 0.5) is 0 Å². The van der Waals surface area contributed by atoms with Crippen LogP contribution in [0.15, 0.2) is 237 Å². The third-order valence-electron chi connectivity index (χ3n) is 14.4. The fraction of sp³-hybridized carbons (Fsp3) is 0. The number of hydrogen-bond donors (Lipinski definition) is 0. The second-order valence-corrected chi connectivity index (χ2v) is 19.9. The van der Waals surface area contributed by atoms with E-state index in [-0.39, 0.29) is 0 Å². The van der Waals surface area contributed by atoms with Crippen LogP contribution in [0.1, 0.15) is 0 Å². The zero-order valence-electron chi connectivity index (χ0n) is 36.2. The summed E-state index contributed by atoms with van der Waals surface area (Å²) in [4.78, 5) is 0. The van der Waals surface area contributed by atoms with E-state index in [4.69, 9.17) is 0 Å². The fourth-order valence-corrected chi connectivity index (χ4v) is 13.2. The first-order valence-corrected chi connectivity index (χ1v) is 24.4. The first-order chi connectivity index (χ1) is 32.7. The van der Waals surface area contributed by atoms with Crippen molar-refractivity contribution in [3.05, 3.63) is 237 Å². The summed E-state index contributed by atoms with van der Waals surface area (Å²) in [5.41, 5.74) is 16.3. The van der Waals surface area contributed by atoms with Gasteiger partial charge in [0.25, 0.3) is 0 Å². The average molecular weight is 852 g/mol. The fourth-order valence-electron chi connectivity index (χ4n) is 11.2. The Morgan fingerprint density at radius 3 is 1.21 bits per heavy atom. The molecule has 1 aliphatic heterocycles. The predicted octanol–water partition coefficient (Wildman–Crippen LogP) is 15.2. The van der Waals surface area contributed by atoms with Crippen molar-refractivity contribution >= 4 is 84.8 Å². The van der Waals surface area contributed by atoms with Crippen molar-refractivity contribution in [1.82, 2.24) is 4.57 Å². The molecule has 0 radical (unpaired) electrons. The molecule has 0 amide bonds. The highest BCUT2D eigenvalue weighted by Gasteiger charge is 2.21. The Kier molecular flexibility index (Phi) is 8.22. The third-order valence-corrected chi connectivity index (χ3v) is 16.4. The van der Waals surface area contributed by atoms with Crippen LogP contribution in [0.2, 0.25) is 0 Å². The minimum atomic E-state index is -0.560. The SMILES string of the molecule is c1ccc2c(c1)[SiH2]c1cc(-n3c4ccc(-c5ccc(-c6cc7ccccc7c7ccccc67)cc5)cc4c4cc(-c5ccc(-c6cc7ccccc7c7ccccc67)cc5)ccc43)ccc1-2. The molecule has 0 saturated carbocycles. The van der Waals surface area contributed by atoms with Crippen molar-refractivity contribution in [1.29, 1.82) is 0 Å². The van der Waals surface area contributed by atoms with E-state index in [1.165, 1.54) is 131 Å². The van der Waals surface area contributed by atoms with E-state index in [1.807, 2.05) is 0 Å². The van der Waals surface area contributed by atoms with Gasteiger partial charge in [0.1, 0.15) is 0 Å². The van der Waals surface area contributed by atoms with E-state index in [1.54, 1.807) is 5.19 Å². The first kappa shape index (κ1) is 37.1. The van der Waals surface area contributed by atoms with Gasteiger partial charge >= 0.3 is 0 Å². The van der Waals surface area contributed by atoms with E-state index < -0.39 is 9.52 Å². The molecule has 1 aromatic heterocycles. The lowest BCUT2D eigenvalue weighted by molar-refractivity contribution is 1.18. The molecule has 1 nitrogen and oxygen atoms in total. The maximum Gasteiger partial charge on any atom is 0.0892 e. The zero-order valence-corrected chi connectivity index (χ0v) is 37.6. The molecule has 14 rings (SSSR count). The van der Waals surface area contributed by atoms with Gasteiger partial charge in [-0.25, -0.2) is 0 Å². The van der Waals surface area contributed by atoms with Gasteiger partial charge < -0.3 is 4.57 Å². The highest BCUT2D eigenvalue weighted by atomic mass is 28.2. The number of nitrogens with zero attached hydrogens (tertiary/aromatic N) is 1. The van der Waals surface area contributed by atoms with E-state index >= 15 is 0 Å². The smallest absolute Gasteiger partial charge is 0.0892 e. The second-order valence-electron chi connectivity index (χ2n) is 18.0. The van der Waals surface area contributed by atoms with Crippen LogP contribution in [0.5, 0.6) is 0 Å². The van der Waals surface area contributed by atoms with E-state index in [9.17, 15) is 0 Å². The Morgan fingerprint density at radius 2 is 0.667 bits per heavy atom. The molecule has 13 aromatic rings. The number of benzene rings is 12. The van der Waals surface area contributed by atoms with Gasteiger partial charge in [-0.1, -0.05) is 198 Å². The van der Waals surface area contributed by atoms with Crippen LogP contribution in [-0.2, 0) is 0 Å². The zero-order chi connectivity index (χ0) is 43.3. The summed E-state index contributed by atoms with van der Waals surface area (Å²) in [6.07, 6.45) is 0. The second kappa shape index (κ2) is 14.6. The monoisotopic (exact) mass is 851 g/mol. The minimum absolute atomic E-state index is 0.560. The standard InChI is InChI=1S/C64H41NSi/c1-3-13-49-46(11-1)37-57(53-17-7-5-15-51(49)53)42-25-21-40(22-26-42)44-29-33-61-59(35-44)60-36-45(30-34-62(60)65(61)48-31-32-56-55-19-9-10-20-63(55)66-64(56)39-48)41-23-27-43(28-24-41)58-38-47-12-2-4-14-50(47)52-16-6-8-18-54(52)58/h1-39H,66H2. The van der Waals surface area contributed by atoms with Gasteiger partial charge in [0.05, 0.1) is 20.6 Å². The molecular weight excluding hydrogens is 811 g/mol. The molecule has 2 heterocycles. The maximum atomic E-state index is 2.50. The van der Waals surface area contributed by atoms with Crippen LogP contribution in [-0.4, -0.2) is 14.1 Å². The average Bonchev–Trinajstić information content (AvgIpc) is 3.93. The van der Waals surface area contributed by atoms with Crippen molar-refractivity contribution in [3.63, 3.8) is 0 Å². The van der Waals surface area contributed by atoms with Crippen LogP contribution < -0.4 is 10.4 Å². The topological polar surface area (TPSA) is 4.93 Å². The van der Waals surface area contributed by atoms with Gasteiger partial charge in [-0.2, -0.15) is 0 Å². The minimum Gasteiger partial charge on any atom is -0.309 e. The van der Waals surface area contributed by atoms with E-state index in [0.29, 0.717) is 0 Å². The quantitative estimate of drug-likeness (QED) is 0.120. The largest absolute Gasteiger partial charge is 0.309 e. The Hall–Kier alpha value is -8.30. The van der Waals surface area contributed by atoms with E-state index in [2.05, 4.69) is 241 Å². The maximum absolute atomic E-state index is 2.50. The molecule has 0 unspecified atom stereocenters. The molecule has 2 heteroatoms. The predicted molar refractivity (Wildman–Crippen MR) is 286 cm³/mol. The summed E-state index contributed by atoms with van der Waals surface area (Å²) >= 11 is 0. The molecule has 12 aromatic carbocycles. The van der Waals surface area contributed by atoms with Crippen LogP contribution in [0.25, 0.3) is 126 Å². The van der Waals surface area contributed by atoms with Gasteiger partial charge in [0.15, 0.2) is 0 Å². The van der Waals surface area contributed by atoms with Crippen molar-refractivity contribution in [2.24, 2.45) is 0 Å². The summed E-state index contributed by atoms with van der Waals surface area (Å²) in [6, 6.07) is 88.5. The number of hydrogen-bond acceptors (Lipinski definition) is 0. The van der Waals surface area contributed by atoms with Gasteiger partial charge in [-0.3, -0.25) is 0 Å². The number of rotatable bonds is 5. The third kappa shape index (κ3) is 5.79. The molecule has 0 spiro atoms. The molecule has 0 bridgehead atoms. The highest BCUT2D eigenvalue weighted by Crippen LogP contribution is 2.41. The molecule has 0 saturated heterocycles. The van der Waals surface area contributed by atoms with Crippen LogP contribution >= 0.6 is 0 Å².